The lowest BCUT2D eigenvalue weighted by molar-refractivity contribution is 0.0880. The molecule has 0 heterocycles. The van der Waals surface area contributed by atoms with Gasteiger partial charge in [-0.3, -0.25) is 4.79 Å². The van der Waals surface area contributed by atoms with Gasteiger partial charge in [0.25, 0.3) is 5.91 Å². The molecule has 3 nitrogen and oxygen atoms in total. The van der Waals surface area contributed by atoms with E-state index in [-0.39, 0.29) is 17.9 Å². The number of nitrogens with one attached hydrogen (secondary N) is 1. The Kier molecular flexibility index (Phi) is 4.25. The first-order valence-electron chi connectivity index (χ1n) is 7.03. The van der Waals surface area contributed by atoms with Crippen LogP contribution < -0.4 is 5.32 Å². The van der Waals surface area contributed by atoms with Crippen molar-refractivity contribution in [3.8, 4) is 0 Å². The molecule has 0 radical (unpaired) electrons. The standard InChI is InChI=1S/C16H23NO2/c1-12-5-6-14(9-13(12)2)15(19)17-10-16(11-18)7-3-4-8-16/h5-6,9,18H,3-4,7-8,10-11H2,1-2H3,(H,17,19). The first kappa shape index (κ1) is 14.1. The summed E-state index contributed by atoms with van der Waals surface area (Å²) in [6.07, 6.45) is 4.33. The molecule has 1 aliphatic rings. The average molecular weight is 261 g/mol. The number of aryl methyl sites for hydroxylation is 2. The summed E-state index contributed by atoms with van der Waals surface area (Å²) in [6, 6.07) is 5.75. The van der Waals surface area contributed by atoms with Gasteiger partial charge in [-0.2, -0.15) is 0 Å². The minimum Gasteiger partial charge on any atom is -0.396 e. The van der Waals surface area contributed by atoms with Crippen LogP contribution in [0.1, 0.15) is 47.2 Å². The molecule has 1 aliphatic carbocycles. The third-order valence-electron chi connectivity index (χ3n) is 4.39. The monoisotopic (exact) mass is 261 g/mol. The van der Waals surface area contributed by atoms with E-state index in [2.05, 4.69) is 5.32 Å². The van der Waals surface area contributed by atoms with Crippen LogP contribution in [-0.2, 0) is 0 Å². The number of aliphatic hydroxyl groups excluding tert-OH is 1. The second kappa shape index (κ2) is 5.74. The zero-order chi connectivity index (χ0) is 13.9. The molecule has 2 N–H and O–H groups in total. The summed E-state index contributed by atoms with van der Waals surface area (Å²) in [5.74, 6) is -0.0391. The van der Waals surface area contributed by atoms with Gasteiger partial charge in [-0.05, 0) is 49.9 Å². The average Bonchev–Trinajstić information content (AvgIpc) is 2.89. The quantitative estimate of drug-likeness (QED) is 0.875. The maximum Gasteiger partial charge on any atom is 0.251 e. The molecule has 1 amide bonds. The maximum atomic E-state index is 12.1. The van der Waals surface area contributed by atoms with Crippen LogP contribution in [0.3, 0.4) is 0 Å². The molecule has 0 saturated heterocycles. The van der Waals surface area contributed by atoms with Crippen LogP contribution in [0.25, 0.3) is 0 Å². The lowest BCUT2D eigenvalue weighted by Gasteiger charge is -2.26. The summed E-state index contributed by atoms with van der Waals surface area (Å²) >= 11 is 0. The Bertz CT molecular complexity index is 462. The van der Waals surface area contributed by atoms with Gasteiger partial charge < -0.3 is 10.4 Å². The summed E-state index contributed by atoms with van der Waals surface area (Å²) in [7, 11) is 0. The summed E-state index contributed by atoms with van der Waals surface area (Å²) < 4.78 is 0. The third-order valence-corrected chi connectivity index (χ3v) is 4.39. The predicted molar refractivity (Wildman–Crippen MR) is 76.2 cm³/mol. The van der Waals surface area contributed by atoms with Crippen molar-refractivity contribution >= 4 is 5.91 Å². The summed E-state index contributed by atoms with van der Waals surface area (Å²) in [6.45, 7) is 4.80. The van der Waals surface area contributed by atoms with Crippen molar-refractivity contribution in [2.45, 2.75) is 39.5 Å². The lowest BCUT2D eigenvalue weighted by Crippen LogP contribution is -2.38. The zero-order valence-electron chi connectivity index (χ0n) is 11.8. The molecule has 104 valence electrons. The molecule has 19 heavy (non-hydrogen) atoms. The molecule has 1 aromatic rings. The predicted octanol–water partition coefficient (Wildman–Crippen LogP) is 2.59. The highest BCUT2D eigenvalue weighted by Crippen LogP contribution is 2.36. The molecular weight excluding hydrogens is 238 g/mol. The van der Waals surface area contributed by atoms with Crippen molar-refractivity contribution in [2.24, 2.45) is 5.41 Å². The van der Waals surface area contributed by atoms with Gasteiger partial charge in [0.15, 0.2) is 0 Å². The number of amides is 1. The summed E-state index contributed by atoms with van der Waals surface area (Å²) in [5.41, 5.74) is 2.94. The molecule has 1 fully saturated rings. The van der Waals surface area contributed by atoms with Gasteiger partial charge in [0.2, 0.25) is 0 Å². The van der Waals surface area contributed by atoms with E-state index in [1.807, 2.05) is 32.0 Å². The van der Waals surface area contributed by atoms with Crippen LogP contribution in [-0.4, -0.2) is 24.2 Å². The number of carbonyl (C=O) groups excluding carboxylic acids is 1. The number of hydrogen-bond donors (Lipinski definition) is 2. The number of aliphatic hydroxyl groups is 1. The molecule has 0 atom stereocenters. The maximum absolute atomic E-state index is 12.1. The van der Waals surface area contributed by atoms with Gasteiger partial charge >= 0.3 is 0 Å². The van der Waals surface area contributed by atoms with E-state index in [1.54, 1.807) is 0 Å². The second-order valence-electron chi connectivity index (χ2n) is 5.85. The Morgan fingerprint density at radius 2 is 1.95 bits per heavy atom. The molecule has 2 rings (SSSR count). The highest BCUT2D eigenvalue weighted by Gasteiger charge is 2.33. The Morgan fingerprint density at radius 1 is 1.26 bits per heavy atom. The minimum atomic E-state index is -0.0879. The summed E-state index contributed by atoms with van der Waals surface area (Å²) in [5, 5.41) is 12.5. The fraction of sp³-hybridized carbons (Fsp3) is 0.562. The summed E-state index contributed by atoms with van der Waals surface area (Å²) in [4.78, 5) is 12.1. The fourth-order valence-corrected chi connectivity index (χ4v) is 2.77. The third kappa shape index (κ3) is 3.16. The number of rotatable bonds is 4. The van der Waals surface area contributed by atoms with Crippen molar-refractivity contribution < 1.29 is 9.90 Å². The first-order chi connectivity index (χ1) is 9.06. The molecule has 1 saturated carbocycles. The van der Waals surface area contributed by atoms with Crippen LogP contribution in [0.15, 0.2) is 18.2 Å². The second-order valence-corrected chi connectivity index (χ2v) is 5.85. The van der Waals surface area contributed by atoms with E-state index >= 15 is 0 Å². The van der Waals surface area contributed by atoms with Crippen molar-refractivity contribution in [1.82, 2.24) is 5.32 Å². The van der Waals surface area contributed by atoms with Crippen molar-refractivity contribution in [3.05, 3.63) is 34.9 Å². The Labute approximate surface area is 115 Å². The molecule has 0 unspecified atom stereocenters. The van der Waals surface area contributed by atoms with E-state index in [4.69, 9.17) is 0 Å². The van der Waals surface area contributed by atoms with Crippen molar-refractivity contribution in [3.63, 3.8) is 0 Å². The minimum absolute atomic E-state index is 0.0391. The smallest absolute Gasteiger partial charge is 0.251 e. The lowest BCUT2D eigenvalue weighted by atomic mass is 9.87. The number of benzene rings is 1. The normalized spacial score (nSPS) is 17.4. The van der Waals surface area contributed by atoms with Crippen LogP contribution in [0.4, 0.5) is 0 Å². The Morgan fingerprint density at radius 3 is 2.53 bits per heavy atom. The molecule has 1 aromatic carbocycles. The van der Waals surface area contributed by atoms with Gasteiger partial charge in [0.05, 0.1) is 6.61 Å². The van der Waals surface area contributed by atoms with Gasteiger partial charge in [-0.25, -0.2) is 0 Å². The Balaban J connectivity index is 1.99. The topological polar surface area (TPSA) is 49.3 Å². The highest BCUT2D eigenvalue weighted by atomic mass is 16.3. The van der Waals surface area contributed by atoms with Crippen LogP contribution in [0, 0.1) is 19.3 Å². The van der Waals surface area contributed by atoms with Crippen molar-refractivity contribution in [1.29, 1.82) is 0 Å². The SMILES string of the molecule is Cc1ccc(C(=O)NCC2(CO)CCCC2)cc1C. The molecule has 3 heteroatoms. The van der Waals surface area contributed by atoms with Crippen LogP contribution >= 0.6 is 0 Å². The van der Waals surface area contributed by atoms with Gasteiger partial charge in [0, 0.05) is 17.5 Å². The van der Waals surface area contributed by atoms with Gasteiger partial charge in [-0.15, -0.1) is 0 Å². The molecule has 0 aliphatic heterocycles. The first-order valence-corrected chi connectivity index (χ1v) is 7.03. The van der Waals surface area contributed by atoms with E-state index < -0.39 is 0 Å². The molecule has 0 bridgehead atoms. The van der Waals surface area contributed by atoms with Crippen LogP contribution in [0.2, 0.25) is 0 Å². The van der Waals surface area contributed by atoms with E-state index in [0.29, 0.717) is 12.1 Å². The number of carbonyl (C=O) groups is 1. The van der Waals surface area contributed by atoms with E-state index in [0.717, 1.165) is 31.2 Å². The molecule has 0 spiro atoms. The highest BCUT2D eigenvalue weighted by molar-refractivity contribution is 5.94. The molecular formula is C16H23NO2. The fourth-order valence-electron chi connectivity index (χ4n) is 2.77. The van der Waals surface area contributed by atoms with Gasteiger partial charge in [-0.1, -0.05) is 18.9 Å². The number of hydrogen-bond acceptors (Lipinski definition) is 2. The Hall–Kier alpha value is -1.35. The van der Waals surface area contributed by atoms with E-state index in [9.17, 15) is 9.90 Å². The van der Waals surface area contributed by atoms with E-state index in [1.165, 1.54) is 5.56 Å². The largest absolute Gasteiger partial charge is 0.396 e. The zero-order valence-corrected chi connectivity index (χ0v) is 11.8. The molecule has 0 aromatic heterocycles. The van der Waals surface area contributed by atoms with Gasteiger partial charge in [0.1, 0.15) is 0 Å². The van der Waals surface area contributed by atoms with Crippen molar-refractivity contribution in [2.75, 3.05) is 13.2 Å². The van der Waals surface area contributed by atoms with Crippen LogP contribution in [0.5, 0.6) is 0 Å².